The van der Waals surface area contributed by atoms with Gasteiger partial charge in [-0.2, -0.15) is 0 Å². The highest BCUT2D eigenvalue weighted by molar-refractivity contribution is 4.91. The van der Waals surface area contributed by atoms with Crippen molar-refractivity contribution in [2.75, 3.05) is 26.7 Å². The summed E-state index contributed by atoms with van der Waals surface area (Å²) in [6.07, 6.45) is 3.79. The monoisotopic (exact) mass is 226 g/mol. The van der Waals surface area contributed by atoms with Crippen LogP contribution in [0, 0.1) is 5.92 Å². The molecule has 3 nitrogen and oxygen atoms in total. The van der Waals surface area contributed by atoms with E-state index in [1.165, 1.54) is 25.9 Å². The second-order valence-corrected chi connectivity index (χ2v) is 6.40. The smallest absolute Gasteiger partial charge is 0.117 e. The molecule has 94 valence electrons. The van der Waals surface area contributed by atoms with Gasteiger partial charge in [0.25, 0.3) is 0 Å². The summed E-state index contributed by atoms with van der Waals surface area (Å²) in [6, 6.07) is 0. The largest absolute Gasteiger partial charge is 0.354 e. The molecule has 2 saturated heterocycles. The second kappa shape index (κ2) is 4.28. The van der Waals surface area contributed by atoms with E-state index in [2.05, 4.69) is 38.0 Å². The van der Waals surface area contributed by atoms with E-state index >= 15 is 0 Å². The van der Waals surface area contributed by atoms with E-state index in [0.717, 1.165) is 18.9 Å². The molecule has 2 rings (SSSR count). The highest BCUT2D eigenvalue weighted by atomic mass is 16.5. The van der Waals surface area contributed by atoms with Gasteiger partial charge in [0, 0.05) is 6.54 Å². The SMILES string of the molecule is CN1CCC(CC2(C)NCC(C)(C)O2)CC1. The number of nitrogens with zero attached hydrogens (tertiary/aromatic N) is 1. The first-order valence-electron chi connectivity index (χ1n) is 6.52. The second-order valence-electron chi connectivity index (χ2n) is 6.40. The Morgan fingerprint density at radius 2 is 1.88 bits per heavy atom. The van der Waals surface area contributed by atoms with E-state index in [1.807, 2.05) is 0 Å². The maximum atomic E-state index is 6.14. The number of rotatable bonds is 2. The molecule has 1 N–H and O–H groups in total. The molecule has 0 aliphatic carbocycles. The lowest BCUT2D eigenvalue weighted by Gasteiger charge is -2.35. The molecule has 1 atom stereocenters. The third-order valence-electron chi connectivity index (χ3n) is 3.91. The molecule has 1 unspecified atom stereocenters. The molecule has 0 aromatic carbocycles. The van der Waals surface area contributed by atoms with Crippen molar-refractivity contribution in [1.29, 1.82) is 0 Å². The first kappa shape index (κ1) is 12.3. The van der Waals surface area contributed by atoms with E-state index in [4.69, 9.17) is 4.74 Å². The number of likely N-dealkylation sites (tertiary alicyclic amines) is 1. The van der Waals surface area contributed by atoms with Gasteiger partial charge >= 0.3 is 0 Å². The number of nitrogens with one attached hydrogen (secondary N) is 1. The Morgan fingerprint density at radius 1 is 1.25 bits per heavy atom. The fourth-order valence-electron chi connectivity index (χ4n) is 3.01. The van der Waals surface area contributed by atoms with Crippen molar-refractivity contribution in [3.8, 4) is 0 Å². The van der Waals surface area contributed by atoms with Crippen molar-refractivity contribution in [2.45, 2.75) is 51.4 Å². The highest BCUT2D eigenvalue weighted by Crippen LogP contribution is 2.33. The highest BCUT2D eigenvalue weighted by Gasteiger charge is 2.41. The van der Waals surface area contributed by atoms with Crippen LogP contribution in [0.1, 0.15) is 40.0 Å². The number of hydrogen-bond donors (Lipinski definition) is 1. The molecule has 16 heavy (non-hydrogen) atoms. The van der Waals surface area contributed by atoms with Crippen molar-refractivity contribution < 1.29 is 4.74 Å². The Bertz CT molecular complexity index is 246. The molecular formula is C13H26N2O. The van der Waals surface area contributed by atoms with Crippen LogP contribution in [0.3, 0.4) is 0 Å². The number of ether oxygens (including phenoxy) is 1. The maximum absolute atomic E-state index is 6.14. The predicted molar refractivity (Wildman–Crippen MR) is 66.4 cm³/mol. The lowest BCUT2D eigenvalue weighted by atomic mass is 9.89. The zero-order valence-corrected chi connectivity index (χ0v) is 11.2. The normalized spacial score (nSPS) is 36.8. The Labute approximate surface area is 99.5 Å². The lowest BCUT2D eigenvalue weighted by Crippen LogP contribution is -2.42. The summed E-state index contributed by atoms with van der Waals surface area (Å²) < 4.78 is 6.14. The molecule has 2 heterocycles. The summed E-state index contributed by atoms with van der Waals surface area (Å²) in [6.45, 7) is 9.99. The van der Waals surface area contributed by atoms with Gasteiger partial charge in [-0.05, 0) is 66.1 Å². The molecule has 0 bridgehead atoms. The lowest BCUT2D eigenvalue weighted by molar-refractivity contribution is -0.0936. The van der Waals surface area contributed by atoms with E-state index in [1.54, 1.807) is 0 Å². The van der Waals surface area contributed by atoms with E-state index in [-0.39, 0.29) is 11.3 Å². The van der Waals surface area contributed by atoms with Crippen LogP contribution in [0.15, 0.2) is 0 Å². The summed E-state index contributed by atoms with van der Waals surface area (Å²) in [5.41, 5.74) is -0.0930. The minimum atomic E-state index is -0.0932. The summed E-state index contributed by atoms with van der Waals surface area (Å²) in [5.74, 6) is 0.822. The first-order chi connectivity index (χ1) is 7.39. The Hall–Kier alpha value is -0.120. The molecule has 2 fully saturated rings. The quantitative estimate of drug-likeness (QED) is 0.777. The van der Waals surface area contributed by atoms with Gasteiger partial charge in [0.1, 0.15) is 5.72 Å². The van der Waals surface area contributed by atoms with E-state index in [9.17, 15) is 0 Å². The third kappa shape index (κ3) is 2.96. The molecule has 0 saturated carbocycles. The van der Waals surface area contributed by atoms with Crippen LogP contribution in [-0.2, 0) is 4.74 Å². The van der Waals surface area contributed by atoms with Crippen LogP contribution in [0.5, 0.6) is 0 Å². The van der Waals surface area contributed by atoms with Crippen molar-refractivity contribution in [1.82, 2.24) is 10.2 Å². The minimum Gasteiger partial charge on any atom is -0.354 e. The van der Waals surface area contributed by atoms with Crippen LogP contribution in [0.4, 0.5) is 0 Å². The van der Waals surface area contributed by atoms with Crippen molar-refractivity contribution in [3.05, 3.63) is 0 Å². The average molecular weight is 226 g/mol. The average Bonchev–Trinajstić information content (AvgIpc) is 2.45. The summed E-state index contributed by atoms with van der Waals surface area (Å²) in [7, 11) is 2.21. The van der Waals surface area contributed by atoms with Gasteiger partial charge in [-0.15, -0.1) is 0 Å². The zero-order valence-electron chi connectivity index (χ0n) is 11.2. The van der Waals surface area contributed by atoms with Crippen LogP contribution in [0.2, 0.25) is 0 Å². The van der Waals surface area contributed by atoms with Crippen LogP contribution in [-0.4, -0.2) is 42.9 Å². The van der Waals surface area contributed by atoms with E-state index in [0.29, 0.717) is 0 Å². The third-order valence-corrected chi connectivity index (χ3v) is 3.91. The number of hydrogen-bond acceptors (Lipinski definition) is 3. The fourth-order valence-corrected chi connectivity index (χ4v) is 3.01. The van der Waals surface area contributed by atoms with Crippen molar-refractivity contribution in [3.63, 3.8) is 0 Å². The molecular weight excluding hydrogens is 200 g/mol. The zero-order chi connectivity index (χ0) is 11.8. The Morgan fingerprint density at radius 3 is 2.38 bits per heavy atom. The van der Waals surface area contributed by atoms with Gasteiger partial charge in [0.15, 0.2) is 0 Å². The van der Waals surface area contributed by atoms with Gasteiger partial charge < -0.3 is 9.64 Å². The van der Waals surface area contributed by atoms with Crippen LogP contribution >= 0.6 is 0 Å². The minimum absolute atomic E-state index is 0.000207. The molecule has 2 aliphatic heterocycles. The van der Waals surface area contributed by atoms with Crippen molar-refractivity contribution >= 4 is 0 Å². The first-order valence-corrected chi connectivity index (χ1v) is 6.52. The maximum Gasteiger partial charge on any atom is 0.117 e. The standard InChI is InChI=1S/C13H26N2O/c1-12(2)10-14-13(3,16-12)9-11-5-7-15(4)8-6-11/h11,14H,5-10H2,1-4H3. The predicted octanol–water partition coefficient (Wildman–Crippen LogP) is 1.83. The summed E-state index contributed by atoms with van der Waals surface area (Å²) in [4.78, 5) is 2.42. The molecule has 2 aliphatic rings. The van der Waals surface area contributed by atoms with Gasteiger partial charge in [0.2, 0.25) is 0 Å². The van der Waals surface area contributed by atoms with Crippen molar-refractivity contribution in [2.24, 2.45) is 5.92 Å². The van der Waals surface area contributed by atoms with Crippen LogP contribution in [0.25, 0.3) is 0 Å². The summed E-state index contributed by atoms with van der Waals surface area (Å²) in [5, 5.41) is 3.55. The van der Waals surface area contributed by atoms with Gasteiger partial charge in [-0.25, -0.2) is 0 Å². The topological polar surface area (TPSA) is 24.5 Å². The molecule has 0 aromatic rings. The van der Waals surface area contributed by atoms with Gasteiger partial charge in [-0.3, -0.25) is 5.32 Å². The fraction of sp³-hybridized carbons (Fsp3) is 1.00. The molecule has 0 amide bonds. The molecule has 0 aromatic heterocycles. The Kier molecular flexibility index (Phi) is 3.30. The molecule has 0 spiro atoms. The number of piperidine rings is 1. The summed E-state index contributed by atoms with van der Waals surface area (Å²) >= 11 is 0. The van der Waals surface area contributed by atoms with Gasteiger partial charge in [-0.1, -0.05) is 0 Å². The molecule has 3 heteroatoms. The van der Waals surface area contributed by atoms with Crippen LogP contribution < -0.4 is 5.32 Å². The Balaban J connectivity index is 1.85. The molecule has 0 radical (unpaired) electrons. The van der Waals surface area contributed by atoms with Gasteiger partial charge in [0.05, 0.1) is 5.60 Å². The van der Waals surface area contributed by atoms with E-state index < -0.39 is 0 Å².